The van der Waals surface area contributed by atoms with Crippen LogP contribution in [0.4, 0.5) is 4.79 Å². The molecular formula is C14H17BrN2O2. The zero-order chi connectivity index (χ0) is 14.4. The summed E-state index contributed by atoms with van der Waals surface area (Å²) in [5, 5.41) is 0. The fourth-order valence-corrected chi connectivity index (χ4v) is 2.18. The van der Waals surface area contributed by atoms with Crippen molar-refractivity contribution in [2.75, 3.05) is 0 Å². The molecule has 0 spiro atoms. The third-order valence-corrected chi connectivity index (χ3v) is 3.48. The van der Waals surface area contributed by atoms with E-state index < -0.39 is 5.60 Å². The van der Waals surface area contributed by atoms with E-state index in [-0.39, 0.29) is 6.09 Å². The molecule has 2 heterocycles. The van der Waals surface area contributed by atoms with Gasteiger partial charge in [-0.1, -0.05) is 0 Å². The standard InChI is InChI=1S/C14H17BrN2O2/c1-8-6-11-10(16-12(8)15)7-9(2)17(11)13(18)19-14(3,4)5/h6-7H,1-5H3. The number of aryl methyl sites for hydroxylation is 2. The molecule has 0 saturated carbocycles. The average Bonchev–Trinajstić information content (AvgIpc) is 2.52. The van der Waals surface area contributed by atoms with E-state index in [1.165, 1.54) is 0 Å². The summed E-state index contributed by atoms with van der Waals surface area (Å²) >= 11 is 3.40. The summed E-state index contributed by atoms with van der Waals surface area (Å²) < 4.78 is 7.78. The van der Waals surface area contributed by atoms with Crippen molar-refractivity contribution in [3.05, 3.63) is 28.0 Å². The molecule has 0 N–H and O–H groups in total. The van der Waals surface area contributed by atoms with Crippen LogP contribution in [-0.4, -0.2) is 21.2 Å². The maximum Gasteiger partial charge on any atom is 0.419 e. The lowest BCUT2D eigenvalue weighted by Gasteiger charge is -2.20. The summed E-state index contributed by atoms with van der Waals surface area (Å²) in [7, 11) is 0. The summed E-state index contributed by atoms with van der Waals surface area (Å²) in [4.78, 5) is 16.7. The van der Waals surface area contributed by atoms with Crippen LogP contribution in [0, 0.1) is 13.8 Å². The smallest absolute Gasteiger partial charge is 0.419 e. The van der Waals surface area contributed by atoms with Gasteiger partial charge in [0.05, 0.1) is 11.0 Å². The minimum Gasteiger partial charge on any atom is -0.443 e. The Bertz CT molecular complexity index is 653. The Morgan fingerprint density at radius 1 is 1.32 bits per heavy atom. The van der Waals surface area contributed by atoms with Crippen molar-refractivity contribution in [2.45, 2.75) is 40.2 Å². The second-order valence-electron chi connectivity index (χ2n) is 5.60. The zero-order valence-electron chi connectivity index (χ0n) is 11.7. The van der Waals surface area contributed by atoms with E-state index in [1.807, 2.05) is 46.8 Å². The number of aromatic nitrogens is 2. The van der Waals surface area contributed by atoms with Gasteiger partial charge in [-0.15, -0.1) is 0 Å². The van der Waals surface area contributed by atoms with Gasteiger partial charge < -0.3 is 4.74 Å². The van der Waals surface area contributed by atoms with Gasteiger partial charge in [-0.3, -0.25) is 0 Å². The van der Waals surface area contributed by atoms with Crippen molar-refractivity contribution in [3.63, 3.8) is 0 Å². The lowest BCUT2D eigenvalue weighted by atomic mass is 10.2. The Morgan fingerprint density at radius 3 is 2.53 bits per heavy atom. The molecule has 2 aromatic heterocycles. The molecule has 0 radical (unpaired) electrons. The van der Waals surface area contributed by atoms with Crippen molar-refractivity contribution in [2.24, 2.45) is 0 Å². The molecule has 0 aliphatic carbocycles. The molecule has 0 amide bonds. The molecular weight excluding hydrogens is 308 g/mol. The first-order chi connectivity index (χ1) is 8.69. The number of hydrogen-bond donors (Lipinski definition) is 0. The van der Waals surface area contributed by atoms with Gasteiger partial charge in [0.15, 0.2) is 0 Å². The first-order valence-electron chi connectivity index (χ1n) is 6.07. The predicted molar refractivity (Wildman–Crippen MR) is 78.5 cm³/mol. The highest BCUT2D eigenvalue weighted by Crippen LogP contribution is 2.24. The first kappa shape index (κ1) is 14.1. The van der Waals surface area contributed by atoms with E-state index in [0.29, 0.717) is 0 Å². The Morgan fingerprint density at radius 2 is 1.95 bits per heavy atom. The van der Waals surface area contributed by atoms with Gasteiger partial charge in [-0.2, -0.15) is 0 Å². The predicted octanol–water partition coefficient (Wildman–Crippen LogP) is 4.20. The number of hydrogen-bond acceptors (Lipinski definition) is 3. The molecule has 0 aliphatic rings. The number of carbonyl (C=O) groups excluding carboxylic acids is 1. The molecule has 2 rings (SSSR count). The van der Waals surface area contributed by atoms with Crippen LogP contribution in [-0.2, 0) is 4.74 Å². The minimum absolute atomic E-state index is 0.372. The van der Waals surface area contributed by atoms with E-state index in [4.69, 9.17) is 4.74 Å². The topological polar surface area (TPSA) is 44.1 Å². The molecule has 102 valence electrons. The van der Waals surface area contributed by atoms with E-state index in [9.17, 15) is 4.79 Å². The first-order valence-corrected chi connectivity index (χ1v) is 6.87. The van der Waals surface area contributed by atoms with E-state index >= 15 is 0 Å². The fourth-order valence-electron chi connectivity index (χ4n) is 1.88. The van der Waals surface area contributed by atoms with Gasteiger partial charge >= 0.3 is 6.09 Å². The molecule has 0 fully saturated rings. The Kier molecular flexibility index (Phi) is 3.43. The van der Waals surface area contributed by atoms with Crippen LogP contribution in [0.5, 0.6) is 0 Å². The van der Waals surface area contributed by atoms with Gasteiger partial charge in [-0.05, 0) is 68.2 Å². The molecule has 0 aromatic carbocycles. The number of nitrogens with zero attached hydrogens (tertiary/aromatic N) is 2. The summed E-state index contributed by atoms with van der Waals surface area (Å²) in [5.74, 6) is 0. The Hall–Kier alpha value is -1.36. The number of rotatable bonds is 0. The van der Waals surface area contributed by atoms with Crippen LogP contribution in [0.2, 0.25) is 0 Å². The van der Waals surface area contributed by atoms with Crippen LogP contribution in [0.25, 0.3) is 11.0 Å². The molecule has 4 nitrogen and oxygen atoms in total. The van der Waals surface area contributed by atoms with Crippen molar-refractivity contribution in [1.29, 1.82) is 0 Å². The third-order valence-electron chi connectivity index (χ3n) is 2.67. The average molecular weight is 325 g/mol. The number of pyridine rings is 1. The maximum absolute atomic E-state index is 12.3. The van der Waals surface area contributed by atoms with E-state index in [0.717, 1.165) is 26.9 Å². The second kappa shape index (κ2) is 4.63. The van der Waals surface area contributed by atoms with E-state index in [2.05, 4.69) is 20.9 Å². The molecule has 19 heavy (non-hydrogen) atoms. The molecule has 0 aliphatic heterocycles. The third kappa shape index (κ3) is 2.81. The Balaban J connectivity index is 2.57. The zero-order valence-corrected chi connectivity index (χ0v) is 13.3. The summed E-state index contributed by atoms with van der Waals surface area (Å²) in [6, 6.07) is 3.81. The quantitative estimate of drug-likeness (QED) is 0.682. The van der Waals surface area contributed by atoms with Crippen LogP contribution in [0.1, 0.15) is 32.0 Å². The molecule has 0 saturated heterocycles. The largest absolute Gasteiger partial charge is 0.443 e. The van der Waals surface area contributed by atoms with Crippen LogP contribution >= 0.6 is 15.9 Å². The fraction of sp³-hybridized carbons (Fsp3) is 0.429. The van der Waals surface area contributed by atoms with Crippen molar-refractivity contribution in [1.82, 2.24) is 9.55 Å². The molecule has 5 heteroatoms. The van der Waals surface area contributed by atoms with Crippen LogP contribution in [0.3, 0.4) is 0 Å². The van der Waals surface area contributed by atoms with Gasteiger partial charge in [0.25, 0.3) is 0 Å². The highest BCUT2D eigenvalue weighted by molar-refractivity contribution is 9.10. The Labute approximate surface area is 120 Å². The summed E-state index contributed by atoms with van der Waals surface area (Å²) in [5.41, 5.74) is 2.83. The molecule has 0 unspecified atom stereocenters. The minimum atomic E-state index is -0.516. The highest BCUT2D eigenvalue weighted by Gasteiger charge is 2.21. The number of ether oxygens (including phenoxy) is 1. The summed E-state index contributed by atoms with van der Waals surface area (Å²) in [6.45, 7) is 9.37. The van der Waals surface area contributed by atoms with Crippen molar-refractivity contribution < 1.29 is 9.53 Å². The number of fused-ring (bicyclic) bond motifs is 1. The molecule has 0 atom stereocenters. The van der Waals surface area contributed by atoms with Gasteiger partial charge in [0.2, 0.25) is 0 Å². The monoisotopic (exact) mass is 324 g/mol. The lowest BCUT2D eigenvalue weighted by molar-refractivity contribution is 0.0541. The van der Waals surface area contributed by atoms with Gasteiger partial charge in [0, 0.05) is 5.69 Å². The molecule has 0 bridgehead atoms. The SMILES string of the molecule is Cc1cc2c(cc(C)n2C(=O)OC(C)(C)C)nc1Br. The van der Waals surface area contributed by atoms with Crippen LogP contribution < -0.4 is 0 Å². The number of halogens is 1. The maximum atomic E-state index is 12.3. The van der Waals surface area contributed by atoms with Crippen LogP contribution in [0.15, 0.2) is 16.7 Å². The number of carbonyl (C=O) groups is 1. The van der Waals surface area contributed by atoms with Gasteiger partial charge in [-0.25, -0.2) is 14.3 Å². The highest BCUT2D eigenvalue weighted by atomic mass is 79.9. The lowest BCUT2D eigenvalue weighted by Crippen LogP contribution is -2.27. The van der Waals surface area contributed by atoms with Crippen molar-refractivity contribution >= 4 is 33.1 Å². The van der Waals surface area contributed by atoms with E-state index in [1.54, 1.807) is 4.57 Å². The molecule has 2 aromatic rings. The summed E-state index contributed by atoms with van der Waals surface area (Å²) in [6.07, 6.45) is -0.372. The normalized spacial score (nSPS) is 11.9. The second-order valence-corrected chi connectivity index (χ2v) is 6.35. The van der Waals surface area contributed by atoms with Gasteiger partial charge in [0.1, 0.15) is 10.2 Å². The van der Waals surface area contributed by atoms with Crippen molar-refractivity contribution in [3.8, 4) is 0 Å².